The summed E-state index contributed by atoms with van der Waals surface area (Å²) in [5.74, 6) is 0. The molecule has 1 atom stereocenters. The van der Waals surface area contributed by atoms with Gasteiger partial charge in [-0.15, -0.1) is 6.58 Å². The molecule has 1 saturated heterocycles. The molecular formula is C13H21N3. The highest BCUT2D eigenvalue weighted by Crippen LogP contribution is 2.19. The zero-order valence-corrected chi connectivity index (χ0v) is 10.3. The van der Waals surface area contributed by atoms with Crippen molar-refractivity contribution in [1.29, 1.82) is 0 Å². The van der Waals surface area contributed by atoms with E-state index >= 15 is 0 Å². The van der Waals surface area contributed by atoms with Crippen molar-refractivity contribution in [1.82, 2.24) is 14.7 Å². The molecule has 1 aromatic heterocycles. The average molecular weight is 219 g/mol. The van der Waals surface area contributed by atoms with Crippen molar-refractivity contribution in [3.63, 3.8) is 0 Å². The predicted molar refractivity (Wildman–Crippen MR) is 66.5 cm³/mol. The van der Waals surface area contributed by atoms with Crippen molar-refractivity contribution in [2.24, 2.45) is 0 Å². The standard InChI is InChI=1S/C13H21N3/c1-4-7-15-8-5-6-13(15)10-16-12(3)9-11(2)14-16/h4,9,13H,1,5-8,10H2,2-3H3/t13-/m1/s1. The summed E-state index contributed by atoms with van der Waals surface area (Å²) in [6.45, 7) is 11.2. The van der Waals surface area contributed by atoms with E-state index in [0.717, 1.165) is 18.8 Å². The fourth-order valence-electron chi connectivity index (χ4n) is 2.57. The summed E-state index contributed by atoms with van der Waals surface area (Å²) in [4.78, 5) is 2.50. The third kappa shape index (κ3) is 2.35. The topological polar surface area (TPSA) is 21.1 Å². The van der Waals surface area contributed by atoms with Crippen LogP contribution < -0.4 is 0 Å². The maximum Gasteiger partial charge on any atom is 0.0596 e. The fraction of sp³-hybridized carbons (Fsp3) is 0.615. The highest BCUT2D eigenvalue weighted by Gasteiger charge is 2.24. The molecular weight excluding hydrogens is 198 g/mol. The molecule has 0 aliphatic carbocycles. The molecule has 3 heteroatoms. The van der Waals surface area contributed by atoms with E-state index in [1.807, 2.05) is 6.08 Å². The van der Waals surface area contributed by atoms with Crippen LogP contribution in [0.3, 0.4) is 0 Å². The third-order valence-corrected chi connectivity index (χ3v) is 3.35. The highest BCUT2D eigenvalue weighted by atomic mass is 15.3. The number of hydrogen-bond acceptors (Lipinski definition) is 2. The Morgan fingerprint density at radius 3 is 3.00 bits per heavy atom. The maximum atomic E-state index is 4.53. The van der Waals surface area contributed by atoms with Crippen LogP contribution in [0.15, 0.2) is 18.7 Å². The molecule has 0 spiro atoms. The Morgan fingerprint density at radius 2 is 2.38 bits per heavy atom. The summed E-state index contributed by atoms with van der Waals surface area (Å²) >= 11 is 0. The van der Waals surface area contributed by atoms with E-state index in [1.165, 1.54) is 25.1 Å². The lowest BCUT2D eigenvalue weighted by molar-refractivity contribution is 0.248. The van der Waals surface area contributed by atoms with E-state index in [9.17, 15) is 0 Å². The van der Waals surface area contributed by atoms with Crippen molar-refractivity contribution < 1.29 is 0 Å². The first-order chi connectivity index (χ1) is 7.70. The first kappa shape index (κ1) is 11.4. The molecule has 0 saturated carbocycles. The molecule has 0 bridgehead atoms. The van der Waals surface area contributed by atoms with Crippen molar-refractivity contribution in [3.05, 3.63) is 30.1 Å². The maximum absolute atomic E-state index is 4.53. The van der Waals surface area contributed by atoms with Crippen molar-refractivity contribution >= 4 is 0 Å². The van der Waals surface area contributed by atoms with Gasteiger partial charge in [0.15, 0.2) is 0 Å². The number of hydrogen-bond donors (Lipinski definition) is 0. The van der Waals surface area contributed by atoms with Gasteiger partial charge in [0.25, 0.3) is 0 Å². The quantitative estimate of drug-likeness (QED) is 0.724. The molecule has 0 aromatic carbocycles. The lowest BCUT2D eigenvalue weighted by atomic mass is 10.2. The molecule has 2 rings (SSSR count). The SMILES string of the molecule is C=CCN1CCC[C@@H]1Cn1nc(C)cc1C. The second-order valence-corrected chi connectivity index (χ2v) is 4.69. The van der Waals surface area contributed by atoms with E-state index in [1.54, 1.807) is 0 Å². The average Bonchev–Trinajstić information content (AvgIpc) is 2.77. The van der Waals surface area contributed by atoms with E-state index < -0.39 is 0 Å². The van der Waals surface area contributed by atoms with E-state index in [2.05, 4.69) is 41.2 Å². The van der Waals surface area contributed by atoms with Gasteiger partial charge in [-0.3, -0.25) is 9.58 Å². The van der Waals surface area contributed by atoms with Gasteiger partial charge >= 0.3 is 0 Å². The van der Waals surface area contributed by atoms with Gasteiger partial charge in [0.05, 0.1) is 12.2 Å². The highest BCUT2D eigenvalue weighted by molar-refractivity contribution is 5.07. The minimum absolute atomic E-state index is 0.635. The monoisotopic (exact) mass is 219 g/mol. The Labute approximate surface area is 97.8 Å². The van der Waals surface area contributed by atoms with E-state index in [4.69, 9.17) is 0 Å². The molecule has 1 aliphatic rings. The molecule has 0 radical (unpaired) electrons. The van der Waals surface area contributed by atoms with Crippen LogP contribution in [0.25, 0.3) is 0 Å². The molecule has 88 valence electrons. The Kier molecular flexibility index (Phi) is 3.44. The molecule has 0 N–H and O–H groups in total. The van der Waals surface area contributed by atoms with Gasteiger partial charge in [0, 0.05) is 18.3 Å². The van der Waals surface area contributed by atoms with Crippen LogP contribution in [0.5, 0.6) is 0 Å². The van der Waals surface area contributed by atoms with Crippen LogP contribution in [0, 0.1) is 13.8 Å². The Bertz CT molecular complexity index is 367. The van der Waals surface area contributed by atoms with Crippen molar-refractivity contribution in [3.8, 4) is 0 Å². The van der Waals surface area contributed by atoms with Crippen LogP contribution in [0.4, 0.5) is 0 Å². The minimum Gasteiger partial charge on any atom is -0.295 e. The summed E-state index contributed by atoms with van der Waals surface area (Å²) < 4.78 is 2.14. The molecule has 16 heavy (non-hydrogen) atoms. The minimum atomic E-state index is 0.635. The number of aryl methyl sites for hydroxylation is 2. The first-order valence-electron chi connectivity index (χ1n) is 6.06. The molecule has 1 fully saturated rings. The molecule has 0 amide bonds. The van der Waals surface area contributed by atoms with Gasteiger partial charge < -0.3 is 0 Å². The van der Waals surface area contributed by atoms with Crippen LogP contribution in [-0.4, -0.2) is 33.8 Å². The number of nitrogens with zero attached hydrogens (tertiary/aromatic N) is 3. The van der Waals surface area contributed by atoms with E-state index in [0.29, 0.717) is 6.04 Å². The molecule has 1 aromatic rings. The number of aromatic nitrogens is 2. The second kappa shape index (κ2) is 4.83. The fourth-order valence-corrected chi connectivity index (χ4v) is 2.57. The lowest BCUT2D eigenvalue weighted by Crippen LogP contribution is -2.33. The largest absolute Gasteiger partial charge is 0.295 e. The van der Waals surface area contributed by atoms with Crippen LogP contribution in [0.1, 0.15) is 24.2 Å². The molecule has 3 nitrogen and oxygen atoms in total. The zero-order chi connectivity index (χ0) is 11.5. The lowest BCUT2D eigenvalue weighted by Gasteiger charge is -2.23. The number of likely N-dealkylation sites (tertiary alicyclic amines) is 1. The Balaban J connectivity index is 2.03. The molecule has 1 aliphatic heterocycles. The smallest absolute Gasteiger partial charge is 0.0596 e. The van der Waals surface area contributed by atoms with Gasteiger partial charge in [0.2, 0.25) is 0 Å². The molecule has 2 heterocycles. The normalized spacial score (nSPS) is 21.5. The third-order valence-electron chi connectivity index (χ3n) is 3.35. The van der Waals surface area contributed by atoms with E-state index in [-0.39, 0.29) is 0 Å². The number of rotatable bonds is 4. The van der Waals surface area contributed by atoms with Gasteiger partial charge in [-0.1, -0.05) is 6.08 Å². The van der Waals surface area contributed by atoms with Crippen LogP contribution >= 0.6 is 0 Å². The van der Waals surface area contributed by atoms with Crippen LogP contribution in [0.2, 0.25) is 0 Å². The molecule has 0 unspecified atom stereocenters. The van der Waals surface area contributed by atoms with Gasteiger partial charge in [-0.2, -0.15) is 5.10 Å². The van der Waals surface area contributed by atoms with Crippen molar-refractivity contribution in [2.45, 2.75) is 39.3 Å². The summed E-state index contributed by atoms with van der Waals surface area (Å²) in [5.41, 5.74) is 2.38. The Morgan fingerprint density at radius 1 is 1.56 bits per heavy atom. The second-order valence-electron chi connectivity index (χ2n) is 4.69. The first-order valence-corrected chi connectivity index (χ1v) is 6.06. The predicted octanol–water partition coefficient (Wildman–Crippen LogP) is 2.15. The van der Waals surface area contributed by atoms with Gasteiger partial charge in [0.1, 0.15) is 0 Å². The zero-order valence-electron chi connectivity index (χ0n) is 10.3. The summed E-state index contributed by atoms with van der Waals surface area (Å²) in [7, 11) is 0. The summed E-state index contributed by atoms with van der Waals surface area (Å²) in [6.07, 6.45) is 4.59. The summed E-state index contributed by atoms with van der Waals surface area (Å²) in [5, 5.41) is 4.53. The summed E-state index contributed by atoms with van der Waals surface area (Å²) in [6, 6.07) is 2.78. The van der Waals surface area contributed by atoms with Crippen molar-refractivity contribution in [2.75, 3.05) is 13.1 Å². The Hall–Kier alpha value is -1.09. The van der Waals surface area contributed by atoms with Crippen LogP contribution in [-0.2, 0) is 6.54 Å². The van der Waals surface area contributed by atoms with Gasteiger partial charge in [-0.25, -0.2) is 0 Å². The van der Waals surface area contributed by atoms with Gasteiger partial charge in [-0.05, 0) is 39.3 Å².